The van der Waals surface area contributed by atoms with Crippen LogP contribution in [0.15, 0.2) is 35.4 Å². The Balaban J connectivity index is 1.52. The molecule has 0 radical (unpaired) electrons. The number of fused-ring (bicyclic) bond motifs is 2. The highest BCUT2D eigenvalue weighted by Crippen LogP contribution is 2.36. The Labute approximate surface area is 163 Å². The quantitative estimate of drug-likeness (QED) is 0.784. The lowest BCUT2D eigenvalue weighted by atomic mass is 10.2. The van der Waals surface area contributed by atoms with Gasteiger partial charge in [-0.1, -0.05) is 0 Å². The van der Waals surface area contributed by atoms with Crippen LogP contribution in [-0.2, 0) is 10.0 Å². The van der Waals surface area contributed by atoms with Gasteiger partial charge < -0.3 is 9.64 Å². The Morgan fingerprint density at radius 3 is 2.28 bits per heavy atom. The van der Waals surface area contributed by atoms with Crippen molar-refractivity contribution < 1.29 is 31.1 Å². The summed E-state index contributed by atoms with van der Waals surface area (Å²) in [6.45, 7) is 0.410. The minimum absolute atomic E-state index is 0.125. The normalized spacial score (nSPS) is 22.7. The van der Waals surface area contributed by atoms with Crippen LogP contribution in [0.4, 0.5) is 13.2 Å². The first-order valence-electron chi connectivity index (χ1n) is 8.69. The third kappa shape index (κ3) is 3.79. The monoisotopic (exact) mass is 431 g/mol. The average Bonchev–Trinajstić information content (AvgIpc) is 3.27. The molecule has 9 nitrogen and oxygen atoms in total. The van der Waals surface area contributed by atoms with Gasteiger partial charge in [0, 0.05) is 25.2 Å². The van der Waals surface area contributed by atoms with Crippen molar-refractivity contribution in [2.45, 2.75) is 36.2 Å². The summed E-state index contributed by atoms with van der Waals surface area (Å²) < 4.78 is 68.2. The highest BCUT2D eigenvalue weighted by molar-refractivity contribution is 7.89. The summed E-state index contributed by atoms with van der Waals surface area (Å²) in [6, 6.07) is 3.27. The largest absolute Gasteiger partial charge is 0.573 e. The molecular formula is C16H16F3N5O4S. The Morgan fingerprint density at radius 2 is 1.76 bits per heavy atom. The maximum absolute atomic E-state index is 13.1. The number of rotatable bonds is 4. The molecule has 4 rings (SSSR count). The van der Waals surface area contributed by atoms with Crippen molar-refractivity contribution in [1.29, 1.82) is 0 Å². The Morgan fingerprint density at radius 1 is 1.14 bits per heavy atom. The van der Waals surface area contributed by atoms with E-state index in [-0.39, 0.29) is 29.6 Å². The molecule has 2 saturated heterocycles. The molecule has 2 fully saturated rings. The maximum Gasteiger partial charge on any atom is 0.573 e. The van der Waals surface area contributed by atoms with Crippen molar-refractivity contribution in [1.82, 2.24) is 24.6 Å². The zero-order valence-corrected chi connectivity index (χ0v) is 15.7. The van der Waals surface area contributed by atoms with Gasteiger partial charge in [0.1, 0.15) is 5.75 Å². The van der Waals surface area contributed by atoms with Crippen molar-refractivity contribution in [2.24, 2.45) is 0 Å². The van der Waals surface area contributed by atoms with Gasteiger partial charge >= 0.3 is 6.36 Å². The van der Waals surface area contributed by atoms with E-state index >= 15 is 0 Å². The number of hydrogen-bond donors (Lipinski definition) is 1. The molecule has 0 saturated carbocycles. The van der Waals surface area contributed by atoms with Crippen molar-refractivity contribution in [3.05, 3.63) is 36.2 Å². The molecule has 2 atom stereocenters. The lowest BCUT2D eigenvalue weighted by molar-refractivity contribution is -0.274. The molecule has 2 aliphatic heterocycles. The molecule has 156 valence electrons. The second kappa shape index (κ2) is 6.99. The summed E-state index contributed by atoms with van der Waals surface area (Å²) in [4.78, 5) is 13.9. The number of nitrogens with zero attached hydrogens (tertiary/aromatic N) is 4. The third-order valence-corrected chi connectivity index (χ3v) is 6.99. The maximum atomic E-state index is 13.1. The van der Waals surface area contributed by atoms with Crippen molar-refractivity contribution >= 4 is 15.9 Å². The number of aromatic nitrogens is 3. The zero-order chi connectivity index (χ0) is 20.8. The molecule has 0 aliphatic carbocycles. The average molecular weight is 431 g/mol. The van der Waals surface area contributed by atoms with Gasteiger partial charge in [-0.3, -0.25) is 4.79 Å². The smallest absolute Gasteiger partial charge is 0.406 e. The van der Waals surface area contributed by atoms with E-state index in [9.17, 15) is 26.4 Å². The molecule has 2 unspecified atom stereocenters. The summed E-state index contributed by atoms with van der Waals surface area (Å²) in [5.41, 5.74) is 0.154. The number of aromatic amines is 1. The molecule has 1 aromatic heterocycles. The molecule has 2 bridgehead atoms. The van der Waals surface area contributed by atoms with Gasteiger partial charge in [-0.2, -0.15) is 19.7 Å². The van der Waals surface area contributed by atoms with Gasteiger partial charge in [0.25, 0.3) is 5.91 Å². The van der Waals surface area contributed by atoms with E-state index in [1.54, 1.807) is 4.90 Å². The van der Waals surface area contributed by atoms with Crippen LogP contribution in [0, 0.1) is 0 Å². The van der Waals surface area contributed by atoms with E-state index in [1.807, 2.05) is 0 Å². The Bertz CT molecular complexity index is 981. The number of piperazine rings is 1. The van der Waals surface area contributed by atoms with Crippen molar-refractivity contribution in [3.8, 4) is 5.75 Å². The number of likely N-dealkylation sites (tertiary alicyclic amines) is 1. The Hall–Kier alpha value is -2.67. The van der Waals surface area contributed by atoms with Gasteiger partial charge in [0.15, 0.2) is 5.69 Å². The SMILES string of the molecule is O=C(c1cn[nH]n1)N1CC2CCC(C1)N2S(=O)(=O)c1ccc(OC(F)(F)F)cc1. The number of hydrogen-bond acceptors (Lipinski definition) is 6. The number of nitrogens with one attached hydrogen (secondary N) is 1. The predicted octanol–water partition coefficient (Wildman–Crippen LogP) is 1.38. The van der Waals surface area contributed by atoms with Gasteiger partial charge in [0.2, 0.25) is 10.0 Å². The topological polar surface area (TPSA) is 108 Å². The molecule has 13 heteroatoms. The second-order valence-corrected chi connectivity index (χ2v) is 8.65. The minimum atomic E-state index is -4.85. The van der Waals surface area contributed by atoms with Crippen LogP contribution in [-0.4, -0.2) is 70.5 Å². The molecule has 3 heterocycles. The number of ether oxygens (including phenoxy) is 1. The minimum Gasteiger partial charge on any atom is -0.406 e. The first-order chi connectivity index (χ1) is 13.6. The van der Waals surface area contributed by atoms with Crippen LogP contribution in [0.3, 0.4) is 0 Å². The molecule has 1 N–H and O–H groups in total. The fraction of sp³-hybridized carbons (Fsp3) is 0.438. The number of H-pyrrole nitrogens is 1. The van der Waals surface area contributed by atoms with E-state index in [1.165, 1.54) is 10.5 Å². The molecule has 2 aromatic rings. The summed E-state index contributed by atoms with van der Waals surface area (Å²) in [6.07, 6.45) is -2.38. The lowest BCUT2D eigenvalue weighted by Crippen LogP contribution is -2.57. The molecule has 29 heavy (non-hydrogen) atoms. The Kier molecular flexibility index (Phi) is 4.73. The number of sulfonamides is 1. The molecule has 2 aliphatic rings. The van der Waals surface area contributed by atoms with E-state index in [0.29, 0.717) is 12.8 Å². The van der Waals surface area contributed by atoms with Crippen molar-refractivity contribution in [3.63, 3.8) is 0 Å². The fourth-order valence-corrected chi connectivity index (χ4v) is 5.68. The van der Waals surface area contributed by atoms with E-state index in [0.717, 1.165) is 24.3 Å². The van der Waals surface area contributed by atoms with Crippen LogP contribution in [0.2, 0.25) is 0 Å². The summed E-state index contributed by atoms with van der Waals surface area (Å²) >= 11 is 0. The number of amides is 1. The van der Waals surface area contributed by atoms with E-state index in [2.05, 4.69) is 20.1 Å². The third-order valence-electron chi connectivity index (χ3n) is 4.97. The zero-order valence-electron chi connectivity index (χ0n) is 14.8. The number of alkyl halides is 3. The number of carbonyl (C=O) groups excluding carboxylic acids is 1. The molecule has 1 aromatic carbocycles. The highest BCUT2D eigenvalue weighted by Gasteiger charge is 2.48. The number of halogens is 3. The van der Waals surface area contributed by atoms with Gasteiger partial charge in [0.05, 0.1) is 11.1 Å². The van der Waals surface area contributed by atoms with Crippen LogP contribution < -0.4 is 4.74 Å². The van der Waals surface area contributed by atoms with Crippen molar-refractivity contribution in [2.75, 3.05) is 13.1 Å². The second-order valence-electron chi connectivity index (χ2n) is 6.80. The summed E-state index contributed by atoms with van der Waals surface area (Å²) in [7, 11) is -3.94. The van der Waals surface area contributed by atoms with Gasteiger partial charge in [-0.25, -0.2) is 8.42 Å². The highest BCUT2D eigenvalue weighted by atomic mass is 32.2. The van der Waals surface area contributed by atoms with E-state index < -0.39 is 34.2 Å². The molecule has 1 amide bonds. The predicted molar refractivity (Wildman–Crippen MR) is 91.2 cm³/mol. The van der Waals surface area contributed by atoms with E-state index in [4.69, 9.17) is 0 Å². The van der Waals surface area contributed by atoms with Crippen LogP contribution in [0.1, 0.15) is 23.3 Å². The number of carbonyl (C=O) groups is 1. The first-order valence-corrected chi connectivity index (χ1v) is 10.1. The van der Waals surface area contributed by atoms with Gasteiger partial charge in [-0.05, 0) is 37.1 Å². The van der Waals surface area contributed by atoms with Crippen LogP contribution >= 0.6 is 0 Å². The molecular weight excluding hydrogens is 415 g/mol. The summed E-state index contributed by atoms with van der Waals surface area (Å²) in [5.74, 6) is -0.830. The lowest BCUT2D eigenvalue weighted by Gasteiger charge is -2.39. The van der Waals surface area contributed by atoms with Crippen LogP contribution in [0.5, 0.6) is 5.75 Å². The first kappa shape index (κ1) is 19.6. The summed E-state index contributed by atoms with van der Waals surface area (Å²) in [5, 5.41) is 9.73. The molecule has 0 spiro atoms. The van der Waals surface area contributed by atoms with Gasteiger partial charge in [-0.15, -0.1) is 13.2 Å². The van der Waals surface area contributed by atoms with Crippen LogP contribution in [0.25, 0.3) is 0 Å². The standard InChI is InChI=1S/C16H16F3N5O4S/c17-16(18,19)28-12-3-5-13(6-4-12)29(26,27)24-10-1-2-11(24)9-23(8-10)15(25)14-7-20-22-21-14/h3-7,10-11H,1-2,8-9H2,(H,20,21,22). The fourth-order valence-electron chi connectivity index (χ4n) is 3.82. The number of benzene rings is 1.